The number of carbonyl (C=O) groups excluding carboxylic acids is 2. The molecule has 20 nitrogen and oxygen atoms in total. The van der Waals surface area contributed by atoms with Crippen molar-refractivity contribution < 1.29 is 68.8 Å². The number of rotatable bonds is 17. The number of methoxy groups -OCH3 is 1. The number of aryl methyl sites for hydroxylation is 1. The molecule has 73 heavy (non-hydrogen) atoms. The fraction of sp³-hybridized carbons (Fsp3) is 0.811. The molecule has 0 radical (unpaired) electrons. The Bertz CT molecular complexity index is 2030. The number of esters is 1. The largest absolute Gasteiger partial charge is 0.459 e. The second-order valence-electron chi connectivity index (χ2n) is 22.4. The number of hydrogen-bond donors (Lipinski definition) is 7. The highest BCUT2D eigenvalue weighted by molar-refractivity contribution is 5.74. The second-order valence-corrected chi connectivity index (χ2v) is 22.4. The summed E-state index contributed by atoms with van der Waals surface area (Å²) in [6, 6.07) is 7.03. The van der Waals surface area contributed by atoms with Gasteiger partial charge in [-0.1, -0.05) is 63.1 Å². The molecule has 3 aliphatic rings. The minimum absolute atomic E-state index is 0.0982. The fourth-order valence-corrected chi connectivity index (χ4v) is 11.4. The number of nitrogens with one attached hydrogen (secondary N) is 1. The SMILES string of the molecule is CC[C@H]1OC(=O)[C@H](C)[C@@H](OC2C[C@@](C)(OC)[C@@H](O)[C@H](C)O2)[C@H](C)[C@@H](O[C@@H]2O[C@H](C)C[C@H](N(C)Cc3ccc(-c4cn(CCCCCCC(=O)NO)nn4)cc3)[C@H]2O)[C@](C)(O)C[C@@H](C)CN(C)[C@H](C)[C@@H](O)[C@]1(C)O. The number of carbonyl (C=O) groups is 2. The van der Waals surface area contributed by atoms with E-state index < -0.39 is 102 Å². The van der Waals surface area contributed by atoms with Gasteiger partial charge in [-0.2, -0.15) is 0 Å². The average Bonchev–Trinajstić information content (AvgIpc) is 3.82. The molecule has 3 aliphatic heterocycles. The Hall–Kier alpha value is -3.22. The van der Waals surface area contributed by atoms with Crippen molar-refractivity contribution in [3.63, 3.8) is 0 Å². The maximum atomic E-state index is 14.5. The van der Waals surface area contributed by atoms with Crippen molar-refractivity contribution in [2.24, 2.45) is 17.8 Å². The molecule has 0 spiro atoms. The molecular weight excluding hydrogens is 945 g/mol. The van der Waals surface area contributed by atoms with Gasteiger partial charge in [0.25, 0.3) is 0 Å². The molecule has 0 bridgehead atoms. The summed E-state index contributed by atoms with van der Waals surface area (Å²) in [5, 5.41) is 77.1. The van der Waals surface area contributed by atoms with E-state index in [1.807, 2.05) is 74.9 Å². The van der Waals surface area contributed by atoms with Gasteiger partial charge in [0, 0.05) is 63.2 Å². The molecule has 3 saturated heterocycles. The van der Waals surface area contributed by atoms with Gasteiger partial charge in [-0.15, -0.1) is 5.10 Å². The van der Waals surface area contributed by atoms with E-state index in [0.717, 1.165) is 36.1 Å². The summed E-state index contributed by atoms with van der Waals surface area (Å²) < 4.78 is 40.2. The molecule has 18 atom stereocenters. The van der Waals surface area contributed by atoms with Gasteiger partial charge in [-0.25, -0.2) is 5.48 Å². The zero-order valence-electron chi connectivity index (χ0n) is 45.7. The first kappa shape index (κ1) is 60.6. The van der Waals surface area contributed by atoms with Crippen molar-refractivity contribution >= 4 is 11.9 Å². The smallest absolute Gasteiger partial charge is 0.311 e. The van der Waals surface area contributed by atoms with Crippen LogP contribution in [0.25, 0.3) is 11.3 Å². The van der Waals surface area contributed by atoms with E-state index in [9.17, 15) is 35.1 Å². The van der Waals surface area contributed by atoms with Gasteiger partial charge in [0.2, 0.25) is 5.91 Å². The van der Waals surface area contributed by atoms with Crippen molar-refractivity contribution in [1.82, 2.24) is 30.3 Å². The Balaban J connectivity index is 1.40. The van der Waals surface area contributed by atoms with Crippen LogP contribution in [0.4, 0.5) is 0 Å². The Morgan fingerprint density at radius 1 is 0.945 bits per heavy atom. The average molecular weight is 1040 g/mol. The number of hydrogen-bond acceptors (Lipinski definition) is 18. The van der Waals surface area contributed by atoms with Crippen LogP contribution in [0.15, 0.2) is 30.5 Å². The van der Waals surface area contributed by atoms with Crippen molar-refractivity contribution in [3.8, 4) is 11.3 Å². The minimum Gasteiger partial charge on any atom is -0.459 e. The molecule has 1 aromatic carbocycles. The number of hydroxylamine groups is 1. The van der Waals surface area contributed by atoms with E-state index in [1.54, 1.807) is 47.0 Å². The predicted octanol–water partition coefficient (Wildman–Crippen LogP) is 4.19. The summed E-state index contributed by atoms with van der Waals surface area (Å²) in [5.74, 6) is -3.17. The van der Waals surface area contributed by atoms with Crippen LogP contribution in [0.1, 0.15) is 133 Å². The fourth-order valence-electron chi connectivity index (χ4n) is 11.4. The first-order chi connectivity index (χ1) is 34.3. The number of aromatic nitrogens is 3. The highest BCUT2D eigenvalue weighted by Crippen LogP contribution is 2.40. The van der Waals surface area contributed by atoms with E-state index in [4.69, 9.17) is 33.6 Å². The summed E-state index contributed by atoms with van der Waals surface area (Å²) in [5.41, 5.74) is -0.230. The lowest BCUT2D eigenvalue weighted by molar-refractivity contribution is -0.318. The van der Waals surface area contributed by atoms with E-state index in [1.165, 1.54) is 14.0 Å². The third-order valence-corrected chi connectivity index (χ3v) is 16.0. The molecule has 4 heterocycles. The first-order valence-electron chi connectivity index (χ1n) is 26.5. The van der Waals surface area contributed by atoms with Gasteiger partial charge in [0.15, 0.2) is 12.6 Å². The van der Waals surface area contributed by atoms with E-state index in [0.29, 0.717) is 38.9 Å². The van der Waals surface area contributed by atoms with E-state index in [2.05, 4.69) is 15.2 Å². The number of ether oxygens (including phenoxy) is 6. The molecule has 0 saturated carbocycles. The summed E-state index contributed by atoms with van der Waals surface area (Å²) in [6.45, 7) is 19.2. The van der Waals surface area contributed by atoms with Gasteiger partial charge in [0.05, 0.1) is 47.7 Å². The van der Waals surface area contributed by atoms with Crippen LogP contribution in [0, 0.1) is 17.8 Å². The zero-order chi connectivity index (χ0) is 54.2. The topological polar surface area (TPSA) is 260 Å². The number of benzene rings is 1. The van der Waals surface area contributed by atoms with Gasteiger partial charge < -0.3 is 58.9 Å². The van der Waals surface area contributed by atoms with Crippen molar-refractivity contribution in [2.45, 2.75) is 230 Å². The third-order valence-electron chi connectivity index (χ3n) is 16.0. The minimum atomic E-state index is -1.84. The van der Waals surface area contributed by atoms with Gasteiger partial charge in [0.1, 0.15) is 35.7 Å². The molecule has 7 N–H and O–H groups in total. The highest BCUT2D eigenvalue weighted by atomic mass is 16.7. The highest BCUT2D eigenvalue weighted by Gasteiger charge is 2.53. The van der Waals surface area contributed by atoms with E-state index in [-0.39, 0.29) is 37.2 Å². The molecular formula is C53H90N6O14. The van der Waals surface area contributed by atoms with Crippen LogP contribution in [0.3, 0.4) is 0 Å². The predicted molar refractivity (Wildman–Crippen MR) is 270 cm³/mol. The quantitative estimate of drug-likeness (QED) is 0.0507. The third kappa shape index (κ3) is 15.3. The van der Waals surface area contributed by atoms with Crippen molar-refractivity contribution in [1.29, 1.82) is 0 Å². The molecule has 416 valence electrons. The molecule has 1 aromatic heterocycles. The Morgan fingerprint density at radius 3 is 2.26 bits per heavy atom. The van der Waals surface area contributed by atoms with Gasteiger partial charge >= 0.3 is 5.97 Å². The molecule has 20 heteroatoms. The molecule has 5 rings (SSSR count). The van der Waals surface area contributed by atoms with Crippen molar-refractivity contribution in [2.75, 3.05) is 27.7 Å². The van der Waals surface area contributed by atoms with Crippen molar-refractivity contribution in [3.05, 3.63) is 36.0 Å². The molecule has 1 unspecified atom stereocenters. The lowest BCUT2D eigenvalue weighted by Gasteiger charge is -2.49. The number of aliphatic hydroxyl groups excluding tert-OH is 3. The summed E-state index contributed by atoms with van der Waals surface area (Å²) in [6.07, 6.45) is -3.53. The zero-order valence-corrected chi connectivity index (χ0v) is 45.7. The number of aliphatic hydroxyl groups is 5. The lowest BCUT2D eigenvalue weighted by Crippen LogP contribution is -2.60. The Kier molecular flexibility index (Phi) is 21.8. The van der Waals surface area contributed by atoms with Crippen LogP contribution in [0.2, 0.25) is 0 Å². The standard InChI is InChI=1S/C53H90N6O14/c1-14-41-53(10,66)46(62)35(6)57(11)28-31(2)26-51(8,65)48(33(4)45(34(5)49(64)71-41)72-43-27-52(9,68-13)47(63)36(7)70-43)73-50-44(61)40(25-32(3)69-50)58(12)29-37-20-22-38(23-21-37)39-30-59(56-54-39)24-18-16-15-17-19-42(60)55-67/h20-23,30-36,40-41,43-48,50,61-63,65-67H,14-19,24-29H2,1-13H3,(H,55,60)/t31-,32-,33+,34-,35-,36+,40+,41-,43?,44-,45+,46-,47+,48-,50+,51-,52-,53-/m1/s1. The normalized spacial score (nSPS) is 38.6. The lowest BCUT2D eigenvalue weighted by atomic mass is 9.77. The van der Waals surface area contributed by atoms with E-state index >= 15 is 0 Å². The number of unbranched alkanes of at least 4 members (excludes halogenated alkanes) is 3. The summed E-state index contributed by atoms with van der Waals surface area (Å²) >= 11 is 0. The van der Waals surface area contributed by atoms with Crippen LogP contribution in [0.5, 0.6) is 0 Å². The Labute approximate surface area is 432 Å². The molecule has 2 aromatic rings. The van der Waals surface area contributed by atoms with Crippen LogP contribution < -0.4 is 5.48 Å². The van der Waals surface area contributed by atoms with Crippen LogP contribution in [-0.4, -0.2) is 185 Å². The number of nitrogens with zero attached hydrogens (tertiary/aromatic N) is 5. The maximum Gasteiger partial charge on any atom is 0.311 e. The molecule has 0 aliphatic carbocycles. The van der Waals surface area contributed by atoms with Gasteiger partial charge in [-0.05, 0) is 106 Å². The number of amides is 1. The Morgan fingerprint density at radius 2 is 1.62 bits per heavy atom. The second kappa shape index (κ2) is 26.2. The van der Waals surface area contributed by atoms with Gasteiger partial charge in [-0.3, -0.25) is 24.4 Å². The summed E-state index contributed by atoms with van der Waals surface area (Å²) in [7, 11) is 5.28. The number of likely N-dealkylation sites (N-methyl/N-ethyl adjacent to an activating group) is 2. The summed E-state index contributed by atoms with van der Waals surface area (Å²) in [4.78, 5) is 29.7. The molecule has 3 fully saturated rings. The number of cyclic esters (lactones) is 1. The molecule has 1 amide bonds. The van der Waals surface area contributed by atoms with Crippen LogP contribution in [-0.2, 0) is 51.1 Å². The first-order valence-corrected chi connectivity index (χ1v) is 26.5. The van der Waals surface area contributed by atoms with Crippen LogP contribution >= 0.6 is 0 Å². The monoisotopic (exact) mass is 1030 g/mol. The maximum absolute atomic E-state index is 14.5.